The molecule has 0 rings (SSSR count). The number of nitrogens with two attached hydrogens (primary N) is 1. The van der Waals surface area contributed by atoms with Gasteiger partial charge in [0.15, 0.2) is 0 Å². The highest BCUT2D eigenvalue weighted by atomic mass is 14.8. The molecule has 0 bridgehead atoms. The first-order valence-electron chi connectivity index (χ1n) is 9.28. The Bertz CT molecular complexity index is 218. The quantitative estimate of drug-likeness (QED) is 0.471. The zero-order valence-electron chi connectivity index (χ0n) is 15.5. The SMILES string of the molecule is CC(C)CCCCCCNCCCC(CCN)C(C)(C)C. The Labute approximate surface area is 134 Å². The second kappa shape index (κ2) is 12.5. The van der Waals surface area contributed by atoms with E-state index in [1.165, 1.54) is 64.5 Å². The minimum atomic E-state index is 0.399. The third-order valence-corrected chi connectivity index (χ3v) is 4.53. The van der Waals surface area contributed by atoms with E-state index in [9.17, 15) is 0 Å². The van der Waals surface area contributed by atoms with Gasteiger partial charge in [-0.05, 0) is 62.6 Å². The molecule has 128 valence electrons. The summed E-state index contributed by atoms with van der Waals surface area (Å²) >= 11 is 0. The molecule has 21 heavy (non-hydrogen) atoms. The Kier molecular flexibility index (Phi) is 12.4. The van der Waals surface area contributed by atoms with Gasteiger partial charge in [0.05, 0.1) is 0 Å². The van der Waals surface area contributed by atoms with E-state index in [0.29, 0.717) is 5.41 Å². The Morgan fingerprint density at radius 3 is 2.00 bits per heavy atom. The van der Waals surface area contributed by atoms with E-state index < -0.39 is 0 Å². The molecular weight excluding hydrogens is 256 g/mol. The second-order valence-corrected chi connectivity index (χ2v) is 8.13. The van der Waals surface area contributed by atoms with Gasteiger partial charge in [0.25, 0.3) is 0 Å². The maximum atomic E-state index is 5.74. The first-order valence-corrected chi connectivity index (χ1v) is 9.28. The molecule has 0 aromatic carbocycles. The average Bonchev–Trinajstić information content (AvgIpc) is 2.38. The van der Waals surface area contributed by atoms with Gasteiger partial charge in [0.1, 0.15) is 0 Å². The monoisotopic (exact) mass is 298 g/mol. The lowest BCUT2D eigenvalue weighted by Gasteiger charge is -2.30. The zero-order chi connectivity index (χ0) is 16.1. The molecule has 2 nitrogen and oxygen atoms in total. The van der Waals surface area contributed by atoms with Crippen LogP contribution in [0.2, 0.25) is 0 Å². The van der Waals surface area contributed by atoms with Gasteiger partial charge < -0.3 is 11.1 Å². The summed E-state index contributed by atoms with van der Waals surface area (Å²) in [7, 11) is 0. The Hall–Kier alpha value is -0.0800. The summed E-state index contributed by atoms with van der Waals surface area (Å²) in [5, 5.41) is 3.60. The van der Waals surface area contributed by atoms with Gasteiger partial charge in [-0.1, -0.05) is 60.3 Å². The maximum Gasteiger partial charge on any atom is -0.00488 e. The van der Waals surface area contributed by atoms with Crippen molar-refractivity contribution in [3.8, 4) is 0 Å². The summed E-state index contributed by atoms with van der Waals surface area (Å²) in [5.74, 6) is 1.63. The summed E-state index contributed by atoms with van der Waals surface area (Å²) in [6.45, 7) is 14.9. The van der Waals surface area contributed by atoms with Crippen LogP contribution in [0.1, 0.15) is 86.0 Å². The van der Waals surface area contributed by atoms with Crippen molar-refractivity contribution >= 4 is 0 Å². The van der Waals surface area contributed by atoms with Gasteiger partial charge in [0.2, 0.25) is 0 Å². The van der Waals surface area contributed by atoms with Crippen LogP contribution in [0.4, 0.5) is 0 Å². The zero-order valence-corrected chi connectivity index (χ0v) is 15.5. The largest absolute Gasteiger partial charge is 0.330 e. The first-order chi connectivity index (χ1) is 9.88. The van der Waals surface area contributed by atoms with Crippen LogP contribution in [-0.4, -0.2) is 19.6 Å². The minimum Gasteiger partial charge on any atom is -0.330 e. The van der Waals surface area contributed by atoms with Crippen LogP contribution < -0.4 is 11.1 Å². The van der Waals surface area contributed by atoms with Gasteiger partial charge in [-0.3, -0.25) is 0 Å². The van der Waals surface area contributed by atoms with Crippen LogP contribution in [-0.2, 0) is 0 Å². The molecule has 2 heteroatoms. The fraction of sp³-hybridized carbons (Fsp3) is 1.00. The molecule has 0 heterocycles. The molecule has 0 fully saturated rings. The van der Waals surface area contributed by atoms with Crippen LogP contribution in [0.3, 0.4) is 0 Å². The summed E-state index contributed by atoms with van der Waals surface area (Å²) in [6.07, 6.45) is 10.7. The fourth-order valence-corrected chi connectivity index (χ4v) is 2.97. The van der Waals surface area contributed by atoms with Crippen molar-refractivity contribution in [3.63, 3.8) is 0 Å². The van der Waals surface area contributed by atoms with Crippen molar-refractivity contribution in [3.05, 3.63) is 0 Å². The number of nitrogens with one attached hydrogen (secondary N) is 1. The molecule has 0 saturated carbocycles. The third kappa shape index (κ3) is 13.3. The van der Waals surface area contributed by atoms with Crippen LogP contribution in [0.25, 0.3) is 0 Å². The second-order valence-electron chi connectivity index (χ2n) is 8.13. The van der Waals surface area contributed by atoms with E-state index in [4.69, 9.17) is 5.73 Å². The standard InChI is InChI=1S/C19H42N2/c1-17(2)11-8-6-7-9-15-21-16-10-12-18(13-14-20)19(3,4)5/h17-18,21H,6-16,20H2,1-5H3. The van der Waals surface area contributed by atoms with Gasteiger partial charge in [-0.25, -0.2) is 0 Å². The Morgan fingerprint density at radius 1 is 0.810 bits per heavy atom. The summed E-state index contributed by atoms with van der Waals surface area (Å²) < 4.78 is 0. The van der Waals surface area contributed by atoms with Crippen LogP contribution in [0.5, 0.6) is 0 Å². The Morgan fingerprint density at radius 2 is 1.43 bits per heavy atom. The highest BCUT2D eigenvalue weighted by Crippen LogP contribution is 2.31. The maximum absolute atomic E-state index is 5.74. The molecule has 3 N–H and O–H groups in total. The van der Waals surface area contributed by atoms with Crippen molar-refractivity contribution in [1.29, 1.82) is 0 Å². The number of rotatable bonds is 13. The van der Waals surface area contributed by atoms with E-state index >= 15 is 0 Å². The predicted octanol–water partition coefficient (Wildman–Crippen LogP) is 4.97. The van der Waals surface area contributed by atoms with E-state index in [1.54, 1.807) is 0 Å². The summed E-state index contributed by atoms with van der Waals surface area (Å²) in [5.41, 5.74) is 6.14. The first kappa shape index (κ1) is 20.9. The lowest BCUT2D eigenvalue weighted by Crippen LogP contribution is -2.25. The lowest BCUT2D eigenvalue weighted by atomic mass is 9.76. The van der Waals surface area contributed by atoms with E-state index in [-0.39, 0.29) is 0 Å². The van der Waals surface area contributed by atoms with E-state index in [1.807, 2.05) is 0 Å². The van der Waals surface area contributed by atoms with Gasteiger partial charge in [-0.15, -0.1) is 0 Å². The molecule has 0 spiro atoms. The fourth-order valence-electron chi connectivity index (χ4n) is 2.97. The lowest BCUT2D eigenvalue weighted by molar-refractivity contribution is 0.210. The molecule has 1 atom stereocenters. The van der Waals surface area contributed by atoms with Gasteiger partial charge in [-0.2, -0.15) is 0 Å². The van der Waals surface area contributed by atoms with E-state index in [0.717, 1.165) is 18.4 Å². The molecule has 0 radical (unpaired) electrons. The Balaban J connectivity index is 3.42. The van der Waals surface area contributed by atoms with Crippen LogP contribution >= 0.6 is 0 Å². The molecule has 1 unspecified atom stereocenters. The topological polar surface area (TPSA) is 38.0 Å². The van der Waals surface area contributed by atoms with E-state index in [2.05, 4.69) is 39.9 Å². The van der Waals surface area contributed by atoms with Gasteiger partial charge in [0, 0.05) is 0 Å². The highest BCUT2D eigenvalue weighted by molar-refractivity contribution is 4.74. The predicted molar refractivity (Wildman–Crippen MR) is 96.6 cm³/mol. The molecular formula is C19H42N2. The van der Waals surface area contributed by atoms with Crippen molar-refractivity contribution < 1.29 is 0 Å². The number of unbranched alkanes of at least 4 members (excludes halogenated alkanes) is 3. The molecule has 0 aliphatic carbocycles. The van der Waals surface area contributed by atoms with Crippen molar-refractivity contribution in [2.45, 2.75) is 86.0 Å². The molecule has 0 aromatic rings. The molecule has 0 aromatic heterocycles. The molecule has 0 amide bonds. The van der Waals surface area contributed by atoms with Gasteiger partial charge >= 0.3 is 0 Å². The van der Waals surface area contributed by atoms with Crippen LogP contribution in [0, 0.1) is 17.3 Å². The summed E-state index contributed by atoms with van der Waals surface area (Å²) in [4.78, 5) is 0. The molecule has 0 aliphatic heterocycles. The molecule has 0 aliphatic rings. The normalized spacial score (nSPS) is 13.9. The molecule has 0 saturated heterocycles. The number of hydrogen-bond acceptors (Lipinski definition) is 2. The smallest absolute Gasteiger partial charge is 0.00488 e. The van der Waals surface area contributed by atoms with Crippen molar-refractivity contribution in [2.24, 2.45) is 23.0 Å². The van der Waals surface area contributed by atoms with Crippen LogP contribution in [0.15, 0.2) is 0 Å². The van der Waals surface area contributed by atoms with Crippen molar-refractivity contribution in [1.82, 2.24) is 5.32 Å². The highest BCUT2D eigenvalue weighted by Gasteiger charge is 2.22. The van der Waals surface area contributed by atoms with Crippen molar-refractivity contribution in [2.75, 3.05) is 19.6 Å². The summed E-state index contributed by atoms with van der Waals surface area (Å²) in [6, 6.07) is 0. The minimum absolute atomic E-state index is 0.399. The average molecular weight is 299 g/mol. The number of hydrogen-bond donors (Lipinski definition) is 2. The third-order valence-electron chi connectivity index (χ3n) is 4.53.